The summed E-state index contributed by atoms with van der Waals surface area (Å²) in [5.41, 5.74) is 0.748. The van der Waals surface area contributed by atoms with E-state index in [0.717, 1.165) is 0 Å². The fourth-order valence-electron chi connectivity index (χ4n) is 2.02. The number of nitrogens with zero attached hydrogens (tertiary/aromatic N) is 1. The molecule has 0 radical (unpaired) electrons. The summed E-state index contributed by atoms with van der Waals surface area (Å²) in [4.78, 5) is 16.8. The highest BCUT2D eigenvalue weighted by Crippen LogP contribution is 2.37. The number of halogens is 2. The van der Waals surface area contributed by atoms with Gasteiger partial charge in [-0.15, -0.1) is 0 Å². The molecule has 8 heteroatoms. The van der Waals surface area contributed by atoms with E-state index in [0.29, 0.717) is 27.8 Å². The summed E-state index contributed by atoms with van der Waals surface area (Å²) in [6.45, 7) is 0. The molecule has 2 aromatic carbocycles. The first kappa shape index (κ1) is 18.9. The molecule has 0 unspecified atom stereocenters. The van der Waals surface area contributed by atoms with Crippen molar-refractivity contribution in [3.05, 3.63) is 51.5 Å². The quantitative estimate of drug-likeness (QED) is 0.424. The summed E-state index contributed by atoms with van der Waals surface area (Å²) in [6, 6.07) is 7.76. The van der Waals surface area contributed by atoms with Crippen LogP contribution in [0.4, 0.5) is 0 Å². The van der Waals surface area contributed by atoms with Gasteiger partial charge in [-0.1, -0.05) is 28.4 Å². The Morgan fingerprint density at radius 3 is 2.16 bits per heavy atom. The molecule has 0 amide bonds. The fraction of sp³-hybridized carbons (Fsp3) is 0.176. The van der Waals surface area contributed by atoms with E-state index in [4.69, 9.17) is 42.3 Å². The second kappa shape index (κ2) is 8.60. The lowest BCUT2D eigenvalue weighted by atomic mass is 10.2. The number of carbonyl (C=O) groups is 1. The normalized spacial score (nSPS) is 10.6. The van der Waals surface area contributed by atoms with Gasteiger partial charge < -0.3 is 19.0 Å². The van der Waals surface area contributed by atoms with Crippen molar-refractivity contribution in [3.63, 3.8) is 0 Å². The molecule has 2 rings (SSSR count). The molecule has 0 bridgehead atoms. The Morgan fingerprint density at radius 2 is 1.64 bits per heavy atom. The first-order chi connectivity index (χ1) is 12.0. The third-order valence-corrected chi connectivity index (χ3v) is 3.72. The molecule has 0 aliphatic carbocycles. The van der Waals surface area contributed by atoms with Crippen LogP contribution in [0.2, 0.25) is 10.0 Å². The number of benzene rings is 2. The number of methoxy groups -OCH3 is 3. The van der Waals surface area contributed by atoms with E-state index < -0.39 is 5.97 Å². The maximum Gasteiger partial charge on any atom is 0.367 e. The van der Waals surface area contributed by atoms with Crippen LogP contribution in [0.3, 0.4) is 0 Å². The van der Waals surface area contributed by atoms with E-state index in [1.807, 2.05) is 0 Å². The van der Waals surface area contributed by atoms with Crippen molar-refractivity contribution >= 4 is 35.4 Å². The largest absolute Gasteiger partial charge is 0.493 e. The van der Waals surface area contributed by atoms with Crippen molar-refractivity contribution in [3.8, 4) is 17.2 Å². The standard InChI is InChI=1S/C17H15Cl2NO5/c1-22-14-6-10(7-15(23-2)16(14)24-3)9-20-25-17(21)12-5-4-11(18)8-13(12)19/h4-9H,1-3H3. The molecule has 0 heterocycles. The average molecular weight is 384 g/mol. The zero-order valence-electron chi connectivity index (χ0n) is 13.7. The molecule has 0 aliphatic heterocycles. The molecule has 0 saturated carbocycles. The highest BCUT2D eigenvalue weighted by molar-refractivity contribution is 6.36. The zero-order chi connectivity index (χ0) is 18.4. The van der Waals surface area contributed by atoms with Gasteiger partial charge in [-0.25, -0.2) is 4.79 Å². The van der Waals surface area contributed by atoms with Gasteiger partial charge in [0.15, 0.2) is 11.5 Å². The van der Waals surface area contributed by atoms with Crippen molar-refractivity contribution in [1.29, 1.82) is 0 Å². The van der Waals surface area contributed by atoms with Gasteiger partial charge >= 0.3 is 5.97 Å². The summed E-state index contributed by atoms with van der Waals surface area (Å²) in [6.07, 6.45) is 1.34. The number of rotatable bonds is 6. The van der Waals surface area contributed by atoms with Gasteiger partial charge in [-0.2, -0.15) is 0 Å². The van der Waals surface area contributed by atoms with Crippen LogP contribution in [-0.2, 0) is 4.84 Å². The summed E-state index contributed by atoms with van der Waals surface area (Å²) >= 11 is 11.7. The summed E-state index contributed by atoms with van der Waals surface area (Å²) in [7, 11) is 4.51. The van der Waals surface area contributed by atoms with Gasteiger partial charge in [-0.3, -0.25) is 0 Å². The SMILES string of the molecule is COc1cc(C=NOC(=O)c2ccc(Cl)cc2Cl)cc(OC)c1OC. The van der Waals surface area contributed by atoms with Gasteiger partial charge in [-0.05, 0) is 30.3 Å². The average Bonchev–Trinajstić information content (AvgIpc) is 2.60. The van der Waals surface area contributed by atoms with Crippen LogP contribution in [0.25, 0.3) is 0 Å². The lowest BCUT2D eigenvalue weighted by molar-refractivity contribution is 0.0519. The van der Waals surface area contributed by atoms with Crippen LogP contribution in [-0.4, -0.2) is 33.5 Å². The lowest BCUT2D eigenvalue weighted by Gasteiger charge is -2.12. The molecule has 0 aromatic heterocycles. The molecule has 6 nitrogen and oxygen atoms in total. The molecular weight excluding hydrogens is 369 g/mol. The van der Waals surface area contributed by atoms with E-state index >= 15 is 0 Å². The van der Waals surface area contributed by atoms with Crippen LogP contribution in [0, 0.1) is 0 Å². The monoisotopic (exact) mass is 383 g/mol. The van der Waals surface area contributed by atoms with Crippen molar-refractivity contribution in [2.24, 2.45) is 5.16 Å². The van der Waals surface area contributed by atoms with Gasteiger partial charge in [0.05, 0.1) is 38.1 Å². The van der Waals surface area contributed by atoms with Gasteiger partial charge in [0.1, 0.15) is 0 Å². The van der Waals surface area contributed by atoms with Crippen LogP contribution >= 0.6 is 23.2 Å². The molecule has 0 N–H and O–H groups in total. The summed E-state index contributed by atoms with van der Waals surface area (Å²) < 4.78 is 15.7. The van der Waals surface area contributed by atoms with Crippen molar-refractivity contribution in [2.45, 2.75) is 0 Å². The Balaban J connectivity index is 2.17. The number of oxime groups is 1. The molecule has 132 valence electrons. The molecule has 0 saturated heterocycles. The van der Waals surface area contributed by atoms with Gasteiger partial charge in [0.25, 0.3) is 0 Å². The van der Waals surface area contributed by atoms with E-state index in [-0.39, 0.29) is 10.6 Å². The third-order valence-electron chi connectivity index (χ3n) is 3.18. The number of hydrogen-bond donors (Lipinski definition) is 0. The first-order valence-corrected chi connectivity index (χ1v) is 7.75. The minimum atomic E-state index is -0.703. The molecule has 0 aliphatic rings. The Hall–Kier alpha value is -2.44. The number of hydrogen-bond acceptors (Lipinski definition) is 6. The van der Waals surface area contributed by atoms with Crippen LogP contribution in [0.5, 0.6) is 17.2 Å². The Bertz CT molecular complexity index is 783. The Kier molecular flexibility index (Phi) is 6.50. The van der Waals surface area contributed by atoms with Crippen LogP contribution in [0.15, 0.2) is 35.5 Å². The molecular formula is C17H15Cl2NO5. The van der Waals surface area contributed by atoms with Crippen molar-refractivity contribution in [2.75, 3.05) is 21.3 Å². The maximum absolute atomic E-state index is 12.0. The number of carbonyl (C=O) groups excluding carboxylic acids is 1. The first-order valence-electron chi connectivity index (χ1n) is 7.00. The lowest BCUT2D eigenvalue weighted by Crippen LogP contribution is -2.02. The summed E-state index contributed by atoms with van der Waals surface area (Å²) in [5, 5.41) is 4.27. The second-order valence-electron chi connectivity index (χ2n) is 4.70. The fourth-order valence-corrected chi connectivity index (χ4v) is 2.50. The smallest absolute Gasteiger partial charge is 0.367 e. The number of ether oxygens (including phenoxy) is 3. The predicted molar refractivity (Wildman–Crippen MR) is 95.6 cm³/mol. The highest BCUT2D eigenvalue weighted by Gasteiger charge is 2.14. The minimum Gasteiger partial charge on any atom is -0.493 e. The third kappa shape index (κ3) is 4.55. The van der Waals surface area contributed by atoms with E-state index in [2.05, 4.69) is 5.16 Å². The van der Waals surface area contributed by atoms with Crippen molar-refractivity contribution < 1.29 is 23.8 Å². The second-order valence-corrected chi connectivity index (χ2v) is 5.54. The van der Waals surface area contributed by atoms with Gasteiger partial charge in [0, 0.05) is 10.6 Å². The molecule has 0 spiro atoms. The van der Waals surface area contributed by atoms with E-state index in [1.54, 1.807) is 12.1 Å². The zero-order valence-corrected chi connectivity index (χ0v) is 15.2. The van der Waals surface area contributed by atoms with E-state index in [9.17, 15) is 4.79 Å². The maximum atomic E-state index is 12.0. The van der Waals surface area contributed by atoms with Crippen LogP contribution < -0.4 is 14.2 Å². The molecule has 0 atom stereocenters. The van der Waals surface area contributed by atoms with Crippen molar-refractivity contribution in [1.82, 2.24) is 0 Å². The topological polar surface area (TPSA) is 66.4 Å². The highest BCUT2D eigenvalue weighted by atomic mass is 35.5. The summed E-state index contributed by atoms with van der Waals surface area (Å²) in [5.74, 6) is 0.656. The molecule has 0 fully saturated rings. The minimum absolute atomic E-state index is 0.160. The van der Waals surface area contributed by atoms with E-state index in [1.165, 1.54) is 45.7 Å². The Labute approximate surface area is 154 Å². The molecule has 25 heavy (non-hydrogen) atoms. The molecule has 2 aromatic rings. The van der Waals surface area contributed by atoms with Gasteiger partial charge in [0.2, 0.25) is 5.75 Å². The van der Waals surface area contributed by atoms with Crippen LogP contribution in [0.1, 0.15) is 15.9 Å². The predicted octanol–water partition coefficient (Wildman–Crippen LogP) is 4.21. The Morgan fingerprint density at radius 1 is 1.00 bits per heavy atom.